The van der Waals surface area contributed by atoms with Crippen LogP contribution in [0.1, 0.15) is 31.9 Å². The highest BCUT2D eigenvalue weighted by molar-refractivity contribution is 7.92. The molecule has 2 amide bonds. The second-order valence-corrected chi connectivity index (χ2v) is 13.2. The van der Waals surface area contributed by atoms with Gasteiger partial charge in [-0.25, -0.2) is 12.8 Å². The summed E-state index contributed by atoms with van der Waals surface area (Å²) in [5, 5.41) is 3.28. The van der Waals surface area contributed by atoms with Gasteiger partial charge in [0.1, 0.15) is 18.4 Å². The number of sulfonamides is 1. The number of carbonyl (C=O) groups is 2. The van der Waals surface area contributed by atoms with Gasteiger partial charge in [-0.2, -0.15) is 0 Å². The molecule has 1 atom stereocenters. The molecule has 0 heterocycles. The quantitative estimate of drug-likeness (QED) is 0.332. The Morgan fingerprint density at radius 1 is 0.950 bits per heavy atom. The first-order valence-corrected chi connectivity index (χ1v) is 15.1. The smallest absolute Gasteiger partial charge is 0.244 e. The van der Waals surface area contributed by atoms with E-state index in [4.69, 9.17) is 23.2 Å². The van der Waals surface area contributed by atoms with Gasteiger partial charge >= 0.3 is 0 Å². The van der Waals surface area contributed by atoms with Gasteiger partial charge in [0.25, 0.3) is 0 Å². The Morgan fingerprint density at radius 2 is 1.57 bits per heavy atom. The standard InChI is InChI=1S/C29H32Cl2FN3O4S/c1-29(2,3)33-28(37)26(16-20-8-6-5-7-9-20)34(18-21-10-13-23(32)14-11-21)27(36)19-35(40(4,38)39)25-15-12-22(30)17-24(25)31/h5-15,17,26H,16,18-19H2,1-4H3,(H,33,37). The Bertz CT molecular complexity index is 1450. The molecule has 0 saturated carbocycles. The monoisotopic (exact) mass is 607 g/mol. The van der Waals surface area contributed by atoms with Crippen molar-refractivity contribution in [2.24, 2.45) is 0 Å². The lowest BCUT2D eigenvalue weighted by atomic mass is 10.0. The zero-order chi connectivity index (χ0) is 29.7. The van der Waals surface area contributed by atoms with Crippen LogP contribution in [0, 0.1) is 5.82 Å². The fourth-order valence-electron chi connectivity index (χ4n) is 4.07. The number of rotatable bonds is 10. The lowest BCUT2D eigenvalue weighted by Crippen LogP contribution is -2.56. The zero-order valence-corrected chi connectivity index (χ0v) is 25.0. The van der Waals surface area contributed by atoms with Crippen LogP contribution in [-0.2, 0) is 32.6 Å². The predicted molar refractivity (Wildman–Crippen MR) is 157 cm³/mol. The number of nitrogens with zero attached hydrogens (tertiary/aromatic N) is 2. The van der Waals surface area contributed by atoms with Crippen molar-refractivity contribution in [3.8, 4) is 0 Å². The summed E-state index contributed by atoms with van der Waals surface area (Å²) in [6.45, 7) is 4.77. The van der Waals surface area contributed by atoms with E-state index < -0.39 is 45.8 Å². The number of hydrogen-bond donors (Lipinski definition) is 1. The Balaban J connectivity index is 2.09. The number of amides is 2. The van der Waals surface area contributed by atoms with Gasteiger partial charge in [-0.3, -0.25) is 13.9 Å². The van der Waals surface area contributed by atoms with E-state index in [-0.39, 0.29) is 23.7 Å². The summed E-state index contributed by atoms with van der Waals surface area (Å²) in [6, 6.07) is 18.0. The van der Waals surface area contributed by atoms with Crippen molar-refractivity contribution in [2.75, 3.05) is 17.1 Å². The van der Waals surface area contributed by atoms with Crippen LogP contribution in [0.25, 0.3) is 0 Å². The van der Waals surface area contributed by atoms with Crippen LogP contribution in [0.5, 0.6) is 0 Å². The molecule has 0 spiro atoms. The Morgan fingerprint density at radius 3 is 2.12 bits per heavy atom. The molecule has 0 bridgehead atoms. The molecule has 214 valence electrons. The summed E-state index contributed by atoms with van der Waals surface area (Å²) in [4.78, 5) is 29.0. The Kier molecular flexibility index (Phi) is 10.2. The second kappa shape index (κ2) is 13.0. The molecular weight excluding hydrogens is 576 g/mol. The summed E-state index contributed by atoms with van der Waals surface area (Å²) in [6.07, 6.45) is 1.12. The van der Waals surface area contributed by atoms with Gasteiger partial charge in [0.2, 0.25) is 21.8 Å². The van der Waals surface area contributed by atoms with Crippen molar-refractivity contribution in [1.82, 2.24) is 10.2 Å². The summed E-state index contributed by atoms with van der Waals surface area (Å²) < 4.78 is 40.2. The molecule has 0 saturated heterocycles. The summed E-state index contributed by atoms with van der Waals surface area (Å²) in [7, 11) is -3.99. The summed E-state index contributed by atoms with van der Waals surface area (Å²) in [5.41, 5.74) is 0.829. The van der Waals surface area contributed by atoms with E-state index in [1.54, 1.807) is 0 Å². The molecule has 0 aliphatic rings. The molecule has 0 aliphatic carbocycles. The number of anilines is 1. The molecule has 11 heteroatoms. The molecule has 0 aromatic heterocycles. The van der Waals surface area contributed by atoms with E-state index in [1.165, 1.54) is 47.4 Å². The summed E-state index contributed by atoms with van der Waals surface area (Å²) >= 11 is 12.3. The molecule has 7 nitrogen and oxygen atoms in total. The number of carbonyl (C=O) groups excluding carboxylic acids is 2. The van der Waals surface area contributed by atoms with Gasteiger partial charge in [0, 0.05) is 23.5 Å². The largest absolute Gasteiger partial charge is 0.350 e. The van der Waals surface area contributed by atoms with E-state index in [9.17, 15) is 22.4 Å². The third-order valence-electron chi connectivity index (χ3n) is 5.89. The molecular formula is C29H32Cl2FN3O4S. The molecule has 40 heavy (non-hydrogen) atoms. The minimum absolute atomic E-state index is 0.0436. The lowest BCUT2D eigenvalue weighted by molar-refractivity contribution is -0.140. The lowest BCUT2D eigenvalue weighted by Gasteiger charge is -2.35. The highest BCUT2D eigenvalue weighted by atomic mass is 35.5. The molecule has 0 aliphatic heterocycles. The Hall–Kier alpha value is -3.14. The van der Waals surface area contributed by atoms with Crippen molar-refractivity contribution in [3.05, 3.63) is 99.8 Å². The van der Waals surface area contributed by atoms with E-state index in [1.807, 2.05) is 51.1 Å². The first kappa shape index (κ1) is 31.4. The van der Waals surface area contributed by atoms with E-state index in [0.29, 0.717) is 10.6 Å². The molecule has 1 unspecified atom stereocenters. The Labute approximate surface area is 244 Å². The van der Waals surface area contributed by atoms with Crippen LogP contribution in [-0.4, -0.2) is 49.5 Å². The molecule has 3 rings (SSSR count). The SMILES string of the molecule is CC(C)(C)NC(=O)C(Cc1ccccc1)N(Cc1ccc(F)cc1)C(=O)CN(c1ccc(Cl)cc1Cl)S(C)(=O)=O. The van der Waals surface area contributed by atoms with Crippen molar-refractivity contribution >= 4 is 50.7 Å². The third-order valence-corrected chi connectivity index (χ3v) is 7.56. The topological polar surface area (TPSA) is 86.8 Å². The molecule has 0 radical (unpaired) electrons. The van der Waals surface area contributed by atoms with Crippen molar-refractivity contribution in [2.45, 2.75) is 45.3 Å². The van der Waals surface area contributed by atoms with Gasteiger partial charge in [-0.05, 0) is 62.2 Å². The van der Waals surface area contributed by atoms with Gasteiger partial charge in [0.05, 0.1) is 17.0 Å². The average molecular weight is 609 g/mol. The number of halogens is 3. The maximum atomic E-state index is 14.0. The zero-order valence-electron chi connectivity index (χ0n) is 22.7. The van der Waals surface area contributed by atoms with Crippen molar-refractivity contribution < 1.29 is 22.4 Å². The fraction of sp³-hybridized carbons (Fsp3) is 0.310. The van der Waals surface area contributed by atoms with Gasteiger partial charge in [-0.15, -0.1) is 0 Å². The van der Waals surface area contributed by atoms with Gasteiger partial charge in [0.15, 0.2) is 0 Å². The van der Waals surface area contributed by atoms with Gasteiger partial charge in [-0.1, -0.05) is 65.7 Å². The van der Waals surface area contributed by atoms with Crippen LogP contribution in [0.2, 0.25) is 10.0 Å². The highest BCUT2D eigenvalue weighted by Gasteiger charge is 2.34. The number of nitrogens with one attached hydrogen (secondary N) is 1. The number of benzene rings is 3. The first-order chi connectivity index (χ1) is 18.6. The molecule has 0 fully saturated rings. The van der Waals surface area contributed by atoms with Crippen molar-refractivity contribution in [3.63, 3.8) is 0 Å². The minimum atomic E-state index is -3.99. The molecule has 3 aromatic carbocycles. The van der Waals surface area contributed by atoms with Crippen LogP contribution in [0.3, 0.4) is 0 Å². The molecule has 1 N–H and O–H groups in total. The van der Waals surface area contributed by atoms with Gasteiger partial charge < -0.3 is 10.2 Å². The fourth-order valence-corrected chi connectivity index (χ4v) is 5.49. The summed E-state index contributed by atoms with van der Waals surface area (Å²) in [5.74, 6) is -1.51. The van der Waals surface area contributed by atoms with E-state index >= 15 is 0 Å². The number of hydrogen-bond acceptors (Lipinski definition) is 4. The normalized spacial score (nSPS) is 12.5. The maximum absolute atomic E-state index is 14.0. The molecule has 3 aromatic rings. The van der Waals surface area contributed by atoms with Crippen LogP contribution >= 0.6 is 23.2 Å². The minimum Gasteiger partial charge on any atom is -0.350 e. The van der Waals surface area contributed by atoms with E-state index in [2.05, 4.69) is 5.32 Å². The average Bonchev–Trinajstić information content (AvgIpc) is 2.85. The van der Waals surface area contributed by atoms with Crippen LogP contribution in [0.15, 0.2) is 72.8 Å². The maximum Gasteiger partial charge on any atom is 0.244 e. The highest BCUT2D eigenvalue weighted by Crippen LogP contribution is 2.30. The second-order valence-electron chi connectivity index (χ2n) is 10.5. The van der Waals surface area contributed by atoms with Crippen LogP contribution < -0.4 is 9.62 Å². The predicted octanol–water partition coefficient (Wildman–Crippen LogP) is 5.45. The van der Waals surface area contributed by atoms with Crippen molar-refractivity contribution in [1.29, 1.82) is 0 Å². The third kappa shape index (κ3) is 8.94. The van der Waals surface area contributed by atoms with E-state index in [0.717, 1.165) is 16.1 Å². The van der Waals surface area contributed by atoms with Crippen LogP contribution in [0.4, 0.5) is 10.1 Å². The first-order valence-electron chi connectivity index (χ1n) is 12.5.